The van der Waals surface area contributed by atoms with Gasteiger partial charge in [0.15, 0.2) is 11.0 Å². The summed E-state index contributed by atoms with van der Waals surface area (Å²) in [5.41, 5.74) is -0.647. The molecule has 0 saturated heterocycles. The van der Waals surface area contributed by atoms with E-state index in [-0.39, 0.29) is 47.9 Å². The van der Waals surface area contributed by atoms with E-state index in [0.29, 0.717) is 11.5 Å². The number of ether oxygens (including phenoxy) is 2. The Hall–Kier alpha value is -3.72. The quantitative estimate of drug-likeness (QED) is 0.338. The molecule has 1 amide bonds. The Morgan fingerprint density at radius 2 is 1.91 bits per heavy atom. The van der Waals surface area contributed by atoms with Crippen molar-refractivity contribution in [1.29, 1.82) is 5.26 Å². The van der Waals surface area contributed by atoms with Gasteiger partial charge in [-0.05, 0) is 42.5 Å². The Labute approximate surface area is 197 Å². The van der Waals surface area contributed by atoms with E-state index in [4.69, 9.17) is 14.7 Å². The molecule has 0 fully saturated rings. The number of hydrogen-bond donors (Lipinski definition) is 1. The molecular formula is C22H20F3N5O3S. The van der Waals surface area contributed by atoms with Crippen LogP contribution in [0.3, 0.4) is 0 Å². The molecule has 0 aliphatic rings. The summed E-state index contributed by atoms with van der Waals surface area (Å²) in [6.45, 7) is 0.127. The molecule has 0 atom stereocenters. The molecule has 0 bridgehead atoms. The average molecular weight is 491 g/mol. The third kappa shape index (κ3) is 6.64. The molecule has 12 heteroatoms. The first kappa shape index (κ1) is 24.9. The van der Waals surface area contributed by atoms with Gasteiger partial charge >= 0.3 is 6.18 Å². The van der Waals surface area contributed by atoms with E-state index in [1.165, 1.54) is 23.8 Å². The molecule has 178 valence electrons. The van der Waals surface area contributed by atoms with Crippen molar-refractivity contribution < 1.29 is 27.4 Å². The molecule has 0 spiro atoms. The first-order chi connectivity index (χ1) is 16.3. The lowest BCUT2D eigenvalue weighted by molar-refractivity contribution is -0.137. The minimum Gasteiger partial charge on any atom is -0.497 e. The monoisotopic (exact) mass is 491 g/mol. The first-order valence-corrected chi connectivity index (χ1v) is 11.0. The van der Waals surface area contributed by atoms with E-state index in [0.717, 1.165) is 23.9 Å². The number of rotatable bonds is 10. The van der Waals surface area contributed by atoms with Crippen LogP contribution >= 0.6 is 11.8 Å². The number of methoxy groups -OCH3 is 1. The van der Waals surface area contributed by atoms with Gasteiger partial charge in [-0.1, -0.05) is 17.8 Å². The molecule has 1 N–H and O–H groups in total. The summed E-state index contributed by atoms with van der Waals surface area (Å²) < 4.78 is 52.1. The van der Waals surface area contributed by atoms with Crippen LogP contribution in [0.25, 0.3) is 5.69 Å². The van der Waals surface area contributed by atoms with Crippen LogP contribution < -0.4 is 14.8 Å². The molecule has 3 rings (SSSR count). The normalized spacial score (nSPS) is 11.0. The topological polar surface area (TPSA) is 102 Å². The number of amides is 1. The van der Waals surface area contributed by atoms with Crippen LogP contribution in [-0.4, -0.2) is 40.1 Å². The summed E-state index contributed by atoms with van der Waals surface area (Å²) in [5.74, 6) is 1.01. The van der Waals surface area contributed by atoms with Gasteiger partial charge in [0.25, 0.3) is 0 Å². The van der Waals surface area contributed by atoms with Crippen molar-refractivity contribution in [2.45, 2.75) is 24.4 Å². The molecule has 1 heterocycles. The average Bonchev–Trinajstić information content (AvgIpc) is 3.24. The predicted octanol–water partition coefficient (Wildman–Crippen LogP) is 4.00. The van der Waals surface area contributed by atoms with Crippen LogP contribution in [0.2, 0.25) is 0 Å². The van der Waals surface area contributed by atoms with Crippen molar-refractivity contribution in [3.63, 3.8) is 0 Å². The van der Waals surface area contributed by atoms with Crippen molar-refractivity contribution in [2.75, 3.05) is 19.4 Å². The SMILES string of the molecule is COc1ccc(OCc2nnc(SCC(=O)NCCC#N)n2-c2cccc(C(F)(F)F)c2)cc1. The highest BCUT2D eigenvalue weighted by atomic mass is 32.2. The summed E-state index contributed by atoms with van der Waals surface area (Å²) in [5, 5.41) is 19.5. The van der Waals surface area contributed by atoms with Crippen molar-refractivity contribution in [3.8, 4) is 23.3 Å². The van der Waals surface area contributed by atoms with Gasteiger partial charge in [0.05, 0.1) is 36.6 Å². The third-order valence-electron chi connectivity index (χ3n) is 4.45. The van der Waals surface area contributed by atoms with Gasteiger partial charge in [-0.2, -0.15) is 18.4 Å². The highest BCUT2D eigenvalue weighted by molar-refractivity contribution is 7.99. The van der Waals surface area contributed by atoms with Crippen LogP contribution in [0.5, 0.6) is 11.5 Å². The lowest BCUT2D eigenvalue weighted by atomic mass is 10.2. The van der Waals surface area contributed by atoms with E-state index in [1.807, 2.05) is 6.07 Å². The van der Waals surface area contributed by atoms with Crippen LogP contribution in [0.15, 0.2) is 53.7 Å². The minimum absolute atomic E-state index is 0.0537. The Morgan fingerprint density at radius 1 is 1.18 bits per heavy atom. The fourth-order valence-electron chi connectivity index (χ4n) is 2.83. The second-order valence-corrected chi connectivity index (χ2v) is 7.74. The highest BCUT2D eigenvalue weighted by Crippen LogP contribution is 2.32. The van der Waals surface area contributed by atoms with Gasteiger partial charge in [-0.15, -0.1) is 10.2 Å². The van der Waals surface area contributed by atoms with E-state index in [9.17, 15) is 18.0 Å². The minimum atomic E-state index is -4.53. The number of hydrogen-bond acceptors (Lipinski definition) is 7. The third-order valence-corrected chi connectivity index (χ3v) is 5.38. The molecule has 3 aromatic rings. The Morgan fingerprint density at radius 3 is 2.59 bits per heavy atom. The van der Waals surface area contributed by atoms with Crippen LogP contribution in [-0.2, 0) is 17.6 Å². The molecule has 0 aliphatic carbocycles. The van der Waals surface area contributed by atoms with E-state index in [2.05, 4.69) is 15.5 Å². The van der Waals surface area contributed by atoms with E-state index < -0.39 is 11.7 Å². The summed E-state index contributed by atoms with van der Waals surface area (Å²) in [6.07, 6.45) is -4.36. The Kier molecular flexibility index (Phi) is 8.37. The van der Waals surface area contributed by atoms with Gasteiger partial charge in [0.2, 0.25) is 5.91 Å². The summed E-state index contributed by atoms with van der Waals surface area (Å²) in [4.78, 5) is 12.0. The van der Waals surface area contributed by atoms with Crippen molar-refractivity contribution in [3.05, 3.63) is 59.9 Å². The number of halogens is 3. The van der Waals surface area contributed by atoms with E-state index in [1.54, 1.807) is 24.3 Å². The molecule has 1 aromatic heterocycles. The molecule has 34 heavy (non-hydrogen) atoms. The number of carbonyl (C=O) groups is 1. The van der Waals surface area contributed by atoms with Crippen molar-refractivity contribution >= 4 is 17.7 Å². The zero-order chi connectivity index (χ0) is 24.6. The fourth-order valence-corrected chi connectivity index (χ4v) is 3.63. The van der Waals surface area contributed by atoms with Gasteiger partial charge < -0.3 is 14.8 Å². The number of nitrogens with zero attached hydrogens (tertiary/aromatic N) is 4. The molecule has 8 nitrogen and oxygen atoms in total. The maximum absolute atomic E-state index is 13.3. The van der Waals surface area contributed by atoms with Crippen molar-refractivity contribution in [2.24, 2.45) is 0 Å². The van der Waals surface area contributed by atoms with Gasteiger partial charge in [-0.25, -0.2) is 0 Å². The standard InChI is InChI=1S/C22H20F3N5O3S/c1-32-17-6-8-18(9-7-17)33-13-19-28-29-21(34-14-20(31)27-11-3-10-26)30(19)16-5-2-4-15(12-16)22(23,24)25/h2,4-9,12H,3,11,13-14H2,1H3,(H,27,31). The zero-order valence-electron chi connectivity index (χ0n) is 18.0. The number of benzene rings is 2. The molecule has 0 unspecified atom stereocenters. The molecular weight excluding hydrogens is 471 g/mol. The zero-order valence-corrected chi connectivity index (χ0v) is 18.8. The van der Waals surface area contributed by atoms with Crippen LogP contribution in [0, 0.1) is 11.3 Å². The lowest BCUT2D eigenvalue weighted by Gasteiger charge is -2.13. The number of thioether (sulfide) groups is 1. The second kappa shape index (κ2) is 11.4. The fraction of sp³-hybridized carbons (Fsp3) is 0.273. The van der Waals surface area contributed by atoms with Gasteiger partial charge in [0.1, 0.15) is 18.1 Å². The maximum atomic E-state index is 13.3. The number of nitrogens with one attached hydrogen (secondary N) is 1. The van der Waals surface area contributed by atoms with Crippen molar-refractivity contribution in [1.82, 2.24) is 20.1 Å². The number of nitriles is 1. The van der Waals surface area contributed by atoms with Gasteiger partial charge in [0, 0.05) is 6.54 Å². The van der Waals surface area contributed by atoms with Gasteiger partial charge in [-0.3, -0.25) is 9.36 Å². The predicted molar refractivity (Wildman–Crippen MR) is 118 cm³/mol. The maximum Gasteiger partial charge on any atom is 0.416 e. The molecule has 2 aromatic carbocycles. The number of alkyl halides is 3. The van der Waals surface area contributed by atoms with E-state index >= 15 is 0 Å². The first-order valence-electron chi connectivity index (χ1n) is 9.97. The Bertz CT molecular complexity index is 1160. The van der Waals surface area contributed by atoms with Crippen LogP contribution in [0.1, 0.15) is 17.8 Å². The number of aromatic nitrogens is 3. The smallest absolute Gasteiger partial charge is 0.416 e. The molecule has 0 radical (unpaired) electrons. The summed E-state index contributed by atoms with van der Waals surface area (Å²) in [6, 6.07) is 13.4. The summed E-state index contributed by atoms with van der Waals surface area (Å²) >= 11 is 1.01. The van der Waals surface area contributed by atoms with Crippen LogP contribution in [0.4, 0.5) is 13.2 Å². The molecule has 0 saturated carbocycles. The largest absolute Gasteiger partial charge is 0.497 e. The molecule has 0 aliphatic heterocycles. The Balaban J connectivity index is 1.85. The highest BCUT2D eigenvalue weighted by Gasteiger charge is 2.31. The summed E-state index contributed by atoms with van der Waals surface area (Å²) in [7, 11) is 1.54. The second-order valence-electron chi connectivity index (χ2n) is 6.79. The lowest BCUT2D eigenvalue weighted by Crippen LogP contribution is -2.26. The number of carbonyl (C=O) groups excluding carboxylic acids is 1.